The van der Waals surface area contributed by atoms with E-state index in [2.05, 4.69) is 15.4 Å². The number of esters is 1. The van der Waals surface area contributed by atoms with Crippen LogP contribution in [0.3, 0.4) is 0 Å². The van der Waals surface area contributed by atoms with Gasteiger partial charge in [0.15, 0.2) is 6.61 Å². The first kappa shape index (κ1) is 22.5. The number of aromatic nitrogens is 3. The number of rotatable bonds is 7. The summed E-state index contributed by atoms with van der Waals surface area (Å²) in [5.41, 5.74) is 2.61. The standard InChI is InChI=1S/C25H18F2N4O3/c26-19-9-10-22(21(27)13-19)29-23(32)16-34-24(33)11-8-18-15-31(20-6-2-1-3-7-20)30-25(18)17-5-4-12-28-14-17/h1-15H,16H2,(H,29,32)/b11-8+. The molecular formula is C25H18F2N4O3. The smallest absolute Gasteiger partial charge is 0.331 e. The predicted octanol–water partition coefficient (Wildman–Crippen LogP) is 4.41. The lowest BCUT2D eigenvalue weighted by molar-refractivity contribution is -0.142. The van der Waals surface area contributed by atoms with Crippen LogP contribution in [0.5, 0.6) is 0 Å². The van der Waals surface area contributed by atoms with Crippen molar-refractivity contribution in [2.45, 2.75) is 0 Å². The third-order valence-electron chi connectivity index (χ3n) is 4.65. The van der Waals surface area contributed by atoms with Gasteiger partial charge >= 0.3 is 5.97 Å². The Kier molecular flexibility index (Phi) is 6.83. The largest absolute Gasteiger partial charge is 0.452 e. The molecule has 0 spiro atoms. The first-order valence-corrected chi connectivity index (χ1v) is 10.1. The Hall–Kier alpha value is -4.66. The summed E-state index contributed by atoms with van der Waals surface area (Å²) in [4.78, 5) is 28.2. The van der Waals surface area contributed by atoms with Gasteiger partial charge in [-0.15, -0.1) is 0 Å². The molecule has 1 N–H and O–H groups in total. The molecule has 2 heterocycles. The number of carbonyl (C=O) groups excluding carboxylic acids is 2. The van der Waals surface area contributed by atoms with Gasteiger partial charge < -0.3 is 10.1 Å². The number of ether oxygens (including phenoxy) is 1. The molecule has 9 heteroatoms. The monoisotopic (exact) mass is 460 g/mol. The molecule has 170 valence electrons. The first-order valence-electron chi connectivity index (χ1n) is 10.1. The summed E-state index contributed by atoms with van der Waals surface area (Å²) in [7, 11) is 0. The summed E-state index contributed by atoms with van der Waals surface area (Å²) in [5.74, 6) is -3.24. The van der Waals surface area contributed by atoms with Crippen molar-refractivity contribution in [3.63, 3.8) is 0 Å². The van der Waals surface area contributed by atoms with Gasteiger partial charge in [-0.1, -0.05) is 18.2 Å². The molecule has 7 nitrogen and oxygen atoms in total. The van der Waals surface area contributed by atoms with Crippen molar-refractivity contribution in [2.24, 2.45) is 0 Å². The summed E-state index contributed by atoms with van der Waals surface area (Å²) in [6, 6.07) is 15.8. The van der Waals surface area contributed by atoms with Crippen LogP contribution in [0, 0.1) is 11.6 Å². The van der Waals surface area contributed by atoms with Gasteiger partial charge in [-0.3, -0.25) is 9.78 Å². The highest BCUT2D eigenvalue weighted by Gasteiger charge is 2.13. The minimum atomic E-state index is -0.932. The number of para-hydroxylation sites is 1. The van der Waals surface area contributed by atoms with Crippen molar-refractivity contribution in [2.75, 3.05) is 11.9 Å². The molecule has 0 aliphatic rings. The van der Waals surface area contributed by atoms with E-state index in [0.717, 1.165) is 29.5 Å². The molecule has 0 aliphatic heterocycles. The number of nitrogens with one attached hydrogen (secondary N) is 1. The van der Waals surface area contributed by atoms with E-state index in [-0.39, 0.29) is 5.69 Å². The fraction of sp³-hybridized carbons (Fsp3) is 0.0400. The topological polar surface area (TPSA) is 86.1 Å². The van der Waals surface area contributed by atoms with Gasteiger partial charge in [0.1, 0.15) is 17.3 Å². The maximum absolute atomic E-state index is 13.6. The van der Waals surface area contributed by atoms with Gasteiger partial charge in [0.2, 0.25) is 0 Å². The number of benzene rings is 2. The maximum Gasteiger partial charge on any atom is 0.331 e. The minimum Gasteiger partial charge on any atom is -0.452 e. The van der Waals surface area contributed by atoms with Crippen LogP contribution in [-0.2, 0) is 14.3 Å². The van der Waals surface area contributed by atoms with E-state index in [0.29, 0.717) is 17.3 Å². The van der Waals surface area contributed by atoms with Gasteiger partial charge in [0.05, 0.1) is 11.4 Å². The third kappa shape index (κ3) is 5.57. The van der Waals surface area contributed by atoms with E-state index in [1.807, 2.05) is 36.4 Å². The van der Waals surface area contributed by atoms with Gasteiger partial charge in [-0.25, -0.2) is 18.3 Å². The molecule has 2 aromatic carbocycles. The lowest BCUT2D eigenvalue weighted by Gasteiger charge is -2.06. The summed E-state index contributed by atoms with van der Waals surface area (Å²) in [6.07, 6.45) is 7.75. The molecule has 0 atom stereocenters. The van der Waals surface area contributed by atoms with Gasteiger partial charge in [-0.2, -0.15) is 5.10 Å². The normalized spacial score (nSPS) is 10.9. The second kappa shape index (κ2) is 10.3. The average molecular weight is 460 g/mol. The number of pyridine rings is 1. The third-order valence-corrected chi connectivity index (χ3v) is 4.65. The van der Waals surface area contributed by atoms with E-state index in [9.17, 15) is 18.4 Å². The van der Waals surface area contributed by atoms with Crippen molar-refractivity contribution in [3.05, 3.63) is 103 Å². The zero-order valence-corrected chi connectivity index (χ0v) is 17.7. The summed E-state index contributed by atoms with van der Waals surface area (Å²) in [5, 5.41) is 6.83. The lowest BCUT2D eigenvalue weighted by Crippen LogP contribution is -2.20. The number of hydrogen-bond donors (Lipinski definition) is 1. The Morgan fingerprint density at radius 2 is 1.88 bits per heavy atom. The molecule has 0 aliphatic carbocycles. The number of nitrogens with zero attached hydrogens (tertiary/aromatic N) is 3. The van der Waals surface area contributed by atoms with E-state index in [1.54, 1.807) is 29.3 Å². The van der Waals surface area contributed by atoms with Gasteiger partial charge in [-0.05, 0) is 42.5 Å². The number of carbonyl (C=O) groups is 2. The first-order chi connectivity index (χ1) is 16.5. The van der Waals surface area contributed by atoms with Crippen LogP contribution in [0.25, 0.3) is 23.0 Å². The van der Waals surface area contributed by atoms with Crippen molar-refractivity contribution in [1.29, 1.82) is 0 Å². The zero-order valence-electron chi connectivity index (χ0n) is 17.7. The highest BCUT2D eigenvalue weighted by Crippen LogP contribution is 2.24. The van der Waals surface area contributed by atoms with E-state index >= 15 is 0 Å². The molecule has 0 saturated carbocycles. The number of halogens is 2. The molecule has 0 saturated heterocycles. The average Bonchev–Trinajstić information content (AvgIpc) is 3.29. The van der Waals surface area contributed by atoms with E-state index in [1.165, 1.54) is 6.08 Å². The molecular weight excluding hydrogens is 442 g/mol. The predicted molar refractivity (Wildman–Crippen MR) is 122 cm³/mol. The highest BCUT2D eigenvalue weighted by molar-refractivity contribution is 5.95. The Labute approximate surface area is 193 Å². The van der Waals surface area contributed by atoms with E-state index < -0.39 is 30.1 Å². The molecule has 34 heavy (non-hydrogen) atoms. The van der Waals surface area contributed by atoms with Crippen molar-refractivity contribution in [3.8, 4) is 16.9 Å². The Balaban J connectivity index is 1.45. The second-order valence-corrected chi connectivity index (χ2v) is 7.07. The van der Waals surface area contributed by atoms with Crippen LogP contribution in [-0.4, -0.2) is 33.2 Å². The van der Waals surface area contributed by atoms with Crippen LogP contribution < -0.4 is 5.32 Å². The summed E-state index contributed by atoms with van der Waals surface area (Å²) >= 11 is 0. The molecule has 0 unspecified atom stereocenters. The molecule has 4 aromatic rings. The summed E-state index contributed by atoms with van der Waals surface area (Å²) in [6.45, 7) is -0.640. The minimum absolute atomic E-state index is 0.215. The van der Waals surface area contributed by atoms with E-state index in [4.69, 9.17) is 4.74 Å². The fourth-order valence-electron chi connectivity index (χ4n) is 3.07. The van der Waals surface area contributed by atoms with Crippen LogP contribution in [0.1, 0.15) is 5.56 Å². The Morgan fingerprint density at radius 3 is 2.62 bits per heavy atom. The molecule has 0 fully saturated rings. The Bertz CT molecular complexity index is 1340. The second-order valence-electron chi connectivity index (χ2n) is 7.07. The highest BCUT2D eigenvalue weighted by atomic mass is 19.1. The zero-order chi connectivity index (χ0) is 23.9. The molecule has 4 rings (SSSR count). The quantitative estimate of drug-likeness (QED) is 0.326. The number of hydrogen-bond acceptors (Lipinski definition) is 5. The summed E-state index contributed by atoms with van der Waals surface area (Å²) < 4.78 is 33.2. The number of amides is 1. The van der Waals surface area contributed by atoms with Crippen molar-refractivity contribution < 1.29 is 23.1 Å². The molecule has 0 radical (unpaired) electrons. The van der Waals surface area contributed by atoms with Crippen molar-refractivity contribution in [1.82, 2.24) is 14.8 Å². The maximum atomic E-state index is 13.6. The lowest BCUT2D eigenvalue weighted by atomic mass is 10.1. The molecule has 1 amide bonds. The number of anilines is 1. The van der Waals surface area contributed by atoms with Crippen LogP contribution in [0.4, 0.5) is 14.5 Å². The fourth-order valence-corrected chi connectivity index (χ4v) is 3.07. The van der Waals surface area contributed by atoms with Crippen LogP contribution in [0.2, 0.25) is 0 Å². The van der Waals surface area contributed by atoms with Crippen LogP contribution >= 0.6 is 0 Å². The van der Waals surface area contributed by atoms with Crippen molar-refractivity contribution >= 4 is 23.6 Å². The van der Waals surface area contributed by atoms with Gasteiger partial charge in [0, 0.05) is 41.9 Å². The Morgan fingerprint density at radius 1 is 1.06 bits per heavy atom. The SMILES string of the molecule is O=C(COC(=O)/C=C/c1cn(-c2ccccc2)nc1-c1cccnc1)Nc1ccc(F)cc1F. The van der Waals surface area contributed by atoms with Gasteiger partial charge in [0.25, 0.3) is 5.91 Å². The molecule has 2 aromatic heterocycles. The molecule has 0 bridgehead atoms. The van der Waals surface area contributed by atoms with Crippen LogP contribution in [0.15, 0.2) is 85.3 Å².